The minimum Gasteiger partial charge on any atom is -0.449 e. The Hall–Kier alpha value is -2.51. The Morgan fingerprint density at radius 2 is 1.55 bits per heavy atom. The Kier molecular flexibility index (Phi) is 6.82. The number of nitrogens with zero attached hydrogens (tertiary/aromatic N) is 1. The van der Waals surface area contributed by atoms with Gasteiger partial charge in [-0.1, -0.05) is 60.7 Å². The molecule has 0 bridgehead atoms. The number of sulfonamides is 1. The minimum absolute atomic E-state index is 0.0454. The Morgan fingerprint density at radius 3 is 2.10 bits per heavy atom. The lowest BCUT2D eigenvalue weighted by Gasteiger charge is -2.30. The number of rotatable bonds is 7. The number of ether oxygens (including phenoxy) is 1. The summed E-state index contributed by atoms with van der Waals surface area (Å²) in [7, 11) is -3.26. The van der Waals surface area contributed by atoms with Gasteiger partial charge in [-0.05, 0) is 19.8 Å². The van der Waals surface area contributed by atoms with E-state index in [0.29, 0.717) is 37.1 Å². The van der Waals surface area contributed by atoms with Gasteiger partial charge in [-0.3, -0.25) is 9.59 Å². The quantitative estimate of drug-likeness (QED) is 0.512. The van der Waals surface area contributed by atoms with Crippen LogP contribution in [0.15, 0.2) is 60.7 Å². The molecule has 1 heterocycles. The van der Waals surface area contributed by atoms with Gasteiger partial charge in [-0.15, -0.1) is 0 Å². The van der Waals surface area contributed by atoms with Gasteiger partial charge in [0.25, 0.3) is 0 Å². The van der Waals surface area contributed by atoms with Crippen molar-refractivity contribution in [1.29, 1.82) is 0 Å². The van der Waals surface area contributed by atoms with Gasteiger partial charge in [0.05, 0.1) is 11.7 Å². The molecule has 0 amide bonds. The Balaban J connectivity index is 1.73. The molecule has 0 N–H and O–H groups in total. The third-order valence-electron chi connectivity index (χ3n) is 5.18. The average molecular weight is 416 g/mol. The van der Waals surface area contributed by atoms with Gasteiger partial charge >= 0.3 is 5.97 Å². The average Bonchev–Trinajstić information content (AvgIpc) is 2.78. The molecule has 29 heavy (non-hydrogen) atoms. The molecule has 7 heteroatoms. The van der Waals surface area contributed by atoms with Crippen LogP contribution in [0.25, 0.3) is 0 Å². The van der Waals surface area contributed by atoms with Crippen LogP contribution in [0.4, 0.5) is 0 Å². The SMILES string of the molecule is CCS(=O)(=O)N1CCC(C(=O)OC(C(=O)c2ccccc2)c2ccccc2)CC1. The largest absolute Gasteiger partial charge is 0.449 e. The summed E-state index contributed by atoms with van der Waals surface area (Å²) in [5.74, 6) is -1.12. The lowest BCUT2D eigenvalue weighted by molar-refractivity contribution is -0.153. The van der Waals surface area contributed by atoms with E-state index in [0.717, 1.165) is 0 Å². The zero-order valence-corrected chi connectivity index (χ0v) is 17.2. The highest BCUT2D eigenvalue weighted by atomic mass is 32.2. The summed E-state index contributed by atoms with van der Waals surface area (Å²) >= 11 is 0. The normalized spacial score (nSPS) is 16.9. The highest BCUT2D eigenvalue weighted by molar-refractivity contribution is 7.89. The van der Waals surface area contributed by atoms with E-state index in [1.54, 1.807) is 55.5 Å². The van der Waals surface area contributed by atoms with Crippen molar-refractivity contribution in [3.8, 4) is 0 Å². The summed E-state index contributed by atoms with van der Waals surface area (Å²) < 4.78 is 31.1. The van der Waals surface area contributed by atoms with Crippen LogP contribution in [0.5, 0.6) is 0 Å². The van der Waals surface area contributed by atoms with Crippen LogP contribution in [0.1, 0.15) is 41.8 Å². The standard InChI is InChI=1S/C22H25NO5S/c1-2-29(26,27)23-15-13-19(14-16-23)22(25)28-21(18-11-7-4-8-12-18)20(24)17-9-5-3-6-10-17/h3-12,19,21H,2,13-16H2,1H3. The van der Waals surface area contributed by atoms with Crippen LogP contribution in [-0.4, -0.2) is 43.3 Å². The van der Waals surface area contributed by atoms with Gasteiger partial charge in [0.2, 0.25) is 15.8 Å². The van der Waals surface area contributed by atoms with Crippen LogP contribution in [0, 0.1) is 5.92 Å². The summed E-state index contributed by atoms with van der Waals surface area (Å²) in [5, 5.41) is 0. The molecule has 0 aromatic heterocycles. The first kappa shape index (κ1) is 21.2. The van der Waals surface area contributed by atoms with Gasteiger partial charge in [-0.25, -0.2) is 12.7 Å². The first-order valence-corrected chi connectivity index (χ1v) is 11.4. The zero-order valence-electron chi connectivity index (χ0n) is 16.4. The first-order chi connectivity index (χ1) is 13.9. The maximum Gasteiger partial charge on any atom is 0.310 e. The van der Waals surface area contributed by atoms with Crippen molar-refractivity contribution in [1.82, 2.24) is 4.31 Å². The number of carbonyl (C=O) groups is 2. The molecule has 0 spiro atoms. The molecule has 1 atom stereocenters. The molecule has 1 aliphatic rings. The monoisotopic (exact) mass is 415 g/mol. The van der Waals surface area contributed by atoms with Gasteiger partial charge in [-0.2, -0.15) is 0 Å². The van der Waals surface area contributed by atoms with E-state index in [1.165, 1.54) is 4.31 Å². The van der Waals surface area contributed by atoms with E-state index in [-0.39, 0.29) is 11.5 Å². The topological polar surface area (TPSA) is 80.8 Å². The maximum atomic E-state index is 13.0. The summed E-state index contributed by atoms with van der Waals surface area (Å²) in [5.41, 5.74) is 1.08. The number of piperidine rings is 1. The number of hydrogen-bond donors (Lipinski definition) is 0. The second kappa shape index (κ2) is 9.33. The number of Topliss-reactive ketones (excluding diaryl/α,β-unsaturated/α-hetero) is 1. The van der Waals surface area contributed by atoms with Crippen LogP contribution in [-0.2, 0) is 19.6 Å². The number of carbonyl (C=O) groups excluding carboxylic acids is 2. The molecule has 1 aliphatic heterocycles. The third-order valence-corrected chi connectivity index (χ3v) is 7.06. The van der Waals surface area contributed by atoms with Gasteiger partial charge in [0.15, 0.2) is 6.10 Å². The van der Waals surface area contributed by atoms with Crippen LogP contribution >= 0.6 is 0 Å². The first-order valence-electron chi connectivity index (χ1n) is 9.75. The number of esters is 1. The summed E-state index contributed by atoms with van der Waals surface area (Å²) in [6, 6.07) is 17.7. The summed E-state index contributed by atoms with van der Waals surface area (Å²) in [4.78, 5) is 25.8. The Labute approximate surface area is 171 Å². The van der Waals surface area contributed by atoms with Crippen LogP contribution in [0.2, 0.25) is 0 Å². The summed E-state index contributed by atoms with van der Waals surface area (Å²) in [6.45, 7) is 2.19. The van der Waals surface area contributed by atoms with Crippen LogP contribution < -0.4 is 0 Å². The van der Waals surface area contributed by atoms with E-state index >= 15 is 0 Å². The van der Waals surface area contributed by atoms with Crippen molar-refractivity contribution >= 4 is 21.8 Å². The third kappa shape index (κ3) is 5.10. The van der Waals surface area contributed by atoms with Crippen LogP contribution in [0.3, 0.4) is 0 Å². The van der Waals surface area contributed by atoms with E-state index < -0.39 is 28.0 Å². The maximum absolute atomic E-state index is 13.0. The van der Waals surface area contributed by atoms with Gasteiger partial charge in [0.1, 0.15) is 0 Å². The molecule has 6 nitrogen and oxygen atoms in total. The van der Waals surface area contributed by atoms with E-state index in [9.17, 15) is 18.0 Å². The van der Waals surface area contributed by atoms with Crippen molar-refractivity contribution in [2.45, 2.75) is 25.9 Å². The molecule has 0 saturated carbocycles. The molecular formula is C22H25NO5S. The van der Waals surface area contributed by atoms with Crippen molar-refractivity contribution in [3.05, 3.63) is 71.8 Å². The highest BCUT2D eigenvalue weighted by Crippen LogP contribution is 2.27. The number of ketones is 1. The van der Waals surface area contributed by atoms with Crippen molar-refractivity contribution < 1.29 is 22.7 Å². The van der Waals surface area contributed by atoms with Gasteiger partial charge in [0, 0.05) is 24.2 Å². The zero-order chi connectivity index (χ0) is 20.9. The smallest absolute Gasteiger partial charge is 0.310 e. The molecule has 1 unspecified atom stereocenters. The fourth-order valence-electron chi connectivity index (χ4n) is 3.42. The number of benzene rings is 2. The number of hydrogen-bond acceptors (Lipinski definition) is 5. The van der Waals surface area contributed by atoms with E-state index in [2.05, 4.69) is 0 Å². The van der Waals surface area contributed by atoms with Gasteiger partial charge < -0.3 is 4.74 Å². The molecule has 2 aromatic rings. The molecule has 3 rings (SSSR count). The second-order valence-electron chi connectivity index (χ2n) is 7.03. The Bertz CT molecular complexity index is 936. The van der Waals surface area contributed by atoms with E-state index in [1.807, 2.05) is 12.1 Å². The molecule has 154 valence electrons. The highest BCUT2D eigenvalue weighted by Gasteiger charge is 2.34. The second-order valence-corrected chi connectivity index (χ2v) is 9.29. The Morgan fingerprint density at radius 1 is 1.00 bits per heavy atom. The van der Waals surface area contributed by atoms with Crippen molar-refractivity contribution in [2.75, 3.05) is 18.8 Å². The van der Waals surface area contributed by atoms with E-state index in [4.69, 9.17) is 4.74 Å². The molecule has 0 aliphatic carbocycles. The predicted octanol–water partition coefficient (Wildman–Crippen LogP) is 3.22. The molecule has 1 saturated heterocycles. The molecule has 0 radical (unpaired) electrons. The molecule has 2 aromatic carbocycles. The lowest BCUT2D eigenvalue weighted by atomic mass is 9.97. The minimum atomic E-state index is -3.26. The van der Waals surface area contributed by atoms with Crippen molar-refractivity contribution in [3.63, 3.8) is 0 Å². The fourth-order valence-corrected chi connectivity index (χ4v) is 4.55. The molecule has 1 fully saturated rings. The molecular weight excluding hydrogens is 390 g/mol. The fraction of sp³-hybridized carbons (Fsp3) is 0.364. The van der Waals surface area contributed by atoms with Crippen molar-refractivity contribution in [2.24, 2.45) is 5.92 Å². The predicted molar refractivity (Wildman–Crippen MR) is 110 cm³/mol. The lowest BCUT2D eigenvalue weighted by Crippen LogP contribution is -2.41. The summed E-state index contributed by atoms with van der Waals surface area (Å²) in [6.07, 6.45) is -0.249.